The number of aromatic nitrogens is 1. The Balaban J connectivity index is 1.55. The highest BCUT2D eigenvalue weighted by atomic mass is 16.1. The van der Waals surface area contributed by atoms with Crippen molar-refractivity contribution in [3.8, 4) is 0 Å². The van der Waals surface area contributed by atoms with Crippen molar-refractivity contribution < 1.29 is 4.79 Å². The van der Waals surface area contributed by atoms with Crippen LogP contribution < -0.4 is 15.1 Å². The number of benzene rings is 1. The lowest BCUT2D eigenvalue weighted by Gasteiger charge is -2.36. The molecule has 1 aromatic carbocycles. The van der Waals surface area contributed by atoms with Gasteiger partial charge in [-0.15, -0.1) is 0 Å². The SMILES string of the molecule is CCCCNC(=O)c1ccc(N2CCN(c3cccc(C)c3)CC2)nc1. The predicted molar refractivity (Wildman–Crippen MR) is 107 cm³/mol. The third-order valence-electron chi connectivity index (χ3n) is 4.80. The van der Waals surface area contributed by atoms with E-state index in [2.05, 4.69) is 58.2 Å². The molecule has 0 radical (unpaired) electrons. The van der Waals surface area contributed by atoms with E-state index in [1.807, 2.05) is 12.1 Å². The molecule has 0 unspecified atom stereocenters. The number of hydrogen-bond donors (Lipinski definition) is 1. The van der Waals surface area contributed by atoms with Crippen molar-refractivity contribution >= 4 is 17.4 Å². The maximum atomic E-state index is 12.1. The molecule has 3 rings (SSSR count). The number of nitrogens with zero attached hydrogens (tertiary/aromatic N) is 3. The van der Waals surface area contributed by atoms with Crippen LogP contribution in [-0.4, -0.2) is 43.6 Å². The molecule has 5 heteroatoms. The number of anilines is 2. The molecule has 138 valence electrons. The highest BCUT2D eigenvalue weighted by Gasteiger charge is 2.18. The number of piperazine rings is 1. The summed E-state index contributed by atoms with van der Waals surface area (Å²) in [7, 11) is 0. The van der Waals surface area contributed by atoms with Gasteiger partial charge in [-0.2, -0.15) is 0 Å². The Morgan fingerprint density at radius 1 is 1.12 bits per heavy atom. The first-order valence-electron chi connectivity index (χ1n) is 9.48. The van der Waals surface area contributed by atoms with E-state index in [9.17, 15) is 4.79 Å². The van der Waals surface area contributed by atoms with Crippen LogP contribution in [0.1, 0.15) is 35.7 Å². The smallest absolute Gasteiger partial charge is 0.252 e. The van der Waals surface area contributed by atoms with Crippen molar-refractivity contribution in [3.63, 3.8) is 0 Å². The molecule has 0 aliphatic carbocycles. The number of unbranched alkanes of at least 4 members (excludes halogenated alkanes) is 1. The van der Waals surface area contributed by atoms with Gasteiger partial charge in [-0.25, -0.2) is 4.98 Å². The molecule has 0 bridgehead atoms. The average Bonchev–Trinajstić information content (AvgIpc) is 2.68. The zero-order valence-electron chi connectivity index (χ0n) is 15.7. The first kappa shape index (κ1) is 18.2. The number of rotatable bonds is 6. The van der Waals surface area contributed by atoms with Crippen molar-refractivity contribution in [2.75, 3.05) is 42.5 Å². The first-order chi connectivity index (χ1) is 12.7. The summed E-state index contributed by atoms with van der Waals surface area (Å²) < 4.78 is 0. The maximum Gasteiger partial charge on any atom is 0.252 e. The van der Waals surface area contributed by atoms with Crippen LogP contribution in [0.2, 0.25) is 0 Å². The van der Waals surface area contributed by atoms with Crippen molar-refractivity contribution in [1.82, 2.24) is 10.3 Å². The van der Waals surface area contributed by atoms with Gasteiger partial charge in [0, 0.05) is 44.6 Å². The fourth-order valence-electron chi connectivity index (χ4n) is 3.21. The zero-order valence-corrected chi connectivity index (χ0v) is 15.7. The Hall–Kier alpha value is -2.56. The summed E-state index contributed by atoms with van der Waals surface area (Å²) in [6, 6.07) is 12.5. The summed E-state index contributed by atoms with van der Waals surface area (Å²) in [5.74, 6) is 0.903. The van der Waals surface area contributed by atoms with Gasteiger partial charge in [-0.05, 0) is 43.2 Å². The topological polar surface area (TPSA) is 48.5 Å². The number of pyridine rings is 1. The lowest BCUT2D eigenvalue weighted by atomic mass is 10.2. The monoisotopic (exact) mass is 352 g/mol. The van der Waals surface area contributed by atoms with Crippen LogP contribution in [0, 0.1) is 6.92 Å². The molecule has 1 aromatic heterocycles. The van der Waals surface area contributed by atoms with Crippen LogP contribution in [0.25, 0.3) is 0 Å². The van der Waals surface area contributed by atoms with Gasteiger partial charge in [0.05, 0.1) is 5.56 Å². The molecule has 1 fully saturated rings. The molecule has 1 saturated heterocycles. The molecule has 1 N–H and O–H groups in total. The minimum atomic E-state index is -0.0400. The Morgan fingerprint density at radius 2 is 1.88 bits per heavy atom. The highest BCUT2D eigenvalue weighted by Crippen LogP contribution is 2.20. The minimum absolute atomic E-state index is 0.0400. The van der Waals surface area contributed by atoms with Gasteiger partial charge < -0.3 is 15.1 Å². The second kappa shape index (κ2) is 8.70. The summed E-state index contributed by atoms with van der Waals surface area (Å²) in [4.78, 5) is 21.3. The van der Waals surface area contributed by atoms with Crippen LogP contribution in [0.5, 0.6) is 0 Å². The third-order valence-corrected chi connectivity index (χ3v) is 4.80. The third kappa shape index (κ3) is 4.54. The summed E-state index contributed by atoms with van der Waals surface area (Å²) in [5, 5.41) is 2.93. The van der Waals surface area contributed by atoms with E-state index in [0.29, 0.717) is 5.56 Å². The lowest BCUT2D eigenvalue weighted by molar-refractivity contribution is 0.0953. The minimum Gasteiger partial charge on any atom is -0.368 e. The fourth-order valence-corrected chi connectivity index (χ4v) is 3.21. The maximum absolute atomic E-state index is 12.1. The largest absolute Gasteiger partial charge is 0.368 e. The number of aryl methyl sites for hydroxylation is 1. The van der Waals surface area contributed by atoms with Gasteiger partial charge in [-0.1, -0.05) is 25.5 Å². The van der Waals surface area contributed by atoms with Crippen LogP contribution in [0.3, 0.4) is 0 Å². The number of amides is 1. The van der Waals surface area contributed by atoms with Crippen molar-refractivity contribution in [1.29, 1.82) is 0 Å². The van der Waals surface area contributed by atoms with Crippen molar-refractivity contribution in [2.24, 2.45) is 0 Å². The van der Waals surface area contributed by atoms with E-state index < -0.39 is 0 Å². The van der Waals surface area contributed by atoms with E-state index in [4.69, 9.17) is 0 Å². The Morgan fingerprint density at radius 3 is 2.54 bits per heavy atom. The van der Waals surface area contributed by atoms with E-state index >= 15 is 0 Å². The molecule has 0 spiro atoms. The second-order valence-corrected chi connectivity index (χ2v) is 6.83. The number of hydrogen-bond acceptors (Lipinski definition) is 4. The van der Waals surface area contributed by atoms with Crippen molar-refractivity contribution in [2.45, 2.75) is 26.7 Å². The molecular weight excluding hydrogens is 324 g/mol. The standard InChI is InChI=1S/C21H28N4O/c1-3-4-10-22-21(26)18-8-9-20(23-16-18)25-13-11-24(12-14-25)19-7-5-6-17(2)15-19/h5-9,15-16H,3-4,10-14H2,1-2H3,(H,22,26). The Kier molecular flexibility index (Phi) is 6.10. The van der Waals surface area contributed by atoms with E-state index in [0.717, 1.165) is 51.4 Å². The van der Waals surface area contributed by atoms with Crippen LogP contribution in [0.15, 0.2) is 42.6 Å². The molecular formula is C21H28N4O. The van der Waals surface area contributed by atoms with Crippen LogP contribution in [-0.2, 0) is 0 Å². The average molecular weight is 352 g/mol. The summed E-state index contributed by atoms with van der Waals surface area (Å²) in [6.45, 7) is 8.78. The van der Waals surface area contributed by atoms with E-state index in [1.54, 1.807) is 6.20 Å². The fraction of sp³-hybridized carbons (Fsp3) is 0.429. The first-order valence-corrected chi connectivity index (χ1v) is 9.48. The molecule has 0 saturated carbocycles. The van der Waals surface area contributed by atoms with Gasteiger partial charge in [-0.3, -0.25) is 4.79 Å². The van der Waals surface area contributed by atoms with E-state index in [1.165, 1.54) is 11.3 Å². The predicted octanol–water partition coefficient (Wildman–Crippen LogP) is 3.25. The summed E-state index contributed by atoms with van der Waals surface area (Å²) in [5.41, 5.74) is 3.21. The van der Waals surface area contributed by atoms with Gasteiger partial charge in [0.25, 0.3) is 5.91 Å². The summed E-state index contributed by atoms with van der Waals surface area (Å²) >= 11 is 0. The normalized spacial score (nSPS) is 14.4. The molecule has 26 heavy (non-hydrogen) atoms. The number of carbonyl (C=O) groups is 1. The molecule has 1 aliphatic rings. The molecule has 5 nitrogen and oxygen atoms in total. The Labute approximate surface area is 156 Å². The van der Waals surface area contributed by atoms with Gasteiger partial charge in [0.15, 0.2) is 0 Å². The van der Waals surface area contributed by atoms with Gasteiger partial charge in [0.2, 0.25) is 0 Å². The molecule has 0 atom stereocenters. The molecule has 2 aromatic rings. The highest BCUT2D eigenvalue weighted by molar-refractivity contribution is 5.94. The van der Waals surface area contributed by atoms with Crippen LogP contribution in [0.4, 0.5) is 11.5 Å². The Bertz CT molecular complexity index is 721. The van der Waals surface area contributed by atoms with Crippen LogP contribution >= 0.6 is 0 Å². The molecule has 1 amide bonds. The lowest BCUT2D eigenvalue weighted by Crippen LogP contribution is -2.46. The molecule has 2 heterocycles. The summed E-state index contributed by atoms with van der Waals surface area (Å²) in [6.07, 6.45) is 3.76. The number of nitrogens with one attached hydrogen (secondary N) is 1. The van der Waals surface area contributed by atoms with Gasteiger partial charge in [0.1, 0.15) is 5.82 Å². The molecule has 1 aliphatic heterocycles. The van der Waals surface area contributed by atoms with Crippen molar-refractivity contribution in [3.05, 3.63) is 53.7 Å². The van der Waals surface area contributed by atoms with Gasteiger partial charge >= 0.3 is 0 Å². The second-order valence-electron chi connectivity index (χ2n) is 6.83. The quantitative estimate of drug-likeness (QED) is 0.811. The number of carbonyl (C=O) groups excluding carboxylic acids is 1. The van der Waals surface area contributed by atoms with E-state index in [-0.39, 0.29) is 5.91 Å². The zero-order chi connectivity index (χ0) is 18.4.